The molecule has 0 aliphatic carbocycles. The second kappa shape index (κ2) is 25.5. The Balaban J connectivity index is 1.19. The molecule has 0 saturated carbocycles. The van der Waals surface area contributed by atoms with E-state index in [1.54, 1.807) is 64.1 Å². The minimum absolute atomic E-state index is 0.0152. The van der Waals surface area contributed by atoms with Crippen molar-refractivity contribution >= 4 is 120 Å². The first kappa shape index (κ1) is 61.1. The highest BCUT2D eigenvalue weighted by molar-refractivity contribution is 7.86. The van der Waals surface area contributed by atoms with Crippen LogP contribution in [-0.4, -0.2) is 87.6 Å². The van der Waals surface area contributed by atoms with E-state index in [1.807, 2.05) is 30.3 Å². The Labute approximate surface area is 470 Å². The number of hydrogen-bond donors (Lipinski definition) is 7. The van der Waals surface area contributed by atoms with E-state index in [2.05, 4.69) is 51.5 Å². The number of nitrogens with one attached hydrogen (secondary N) is 2. The number of azo groups is 4. The highest BCUT2D eigenvalue weighted by atomic mass is 32.2. The van der Waals surface area contributed by atoms with Crippen LogP contribution in [0.2, 0.25) is 0 Å². The molecule has 0 atom stereocenters. The van der Waals surface area contributed by atoms with Crippen LogP contribution >= 0.6 is 0 Å². The molecular formula is C52H52N10O16S4. The first-order chi connectivity index (χ1) is 38.5. The molecule has 0 fully saturated rings. The van der Waals surface area contributed by atoms with Crippen molar-refractivity contribution in [1.29, 1.82) is 0 Å². The topological polar surface area (TPSA) is 396 Å². The van der Waals surface area contributed by atoms with Gasteiger partial charge in [-0.05, 0) is 147 Å². The Kier molecular flexibility index (Phi) is 19.0. The summed E-state index contributed by atoms with van der Waals surface area (Å²) in [5.74, 6) is -2.27. The number of ether oxygens (including phenoxy) is 2. The lowest BCUT2D eigenvalue weighted by Gasteiger charge is -2.12. The lowest BCUT2D eigenvalue weighted by Crippen LogP contribution is -2.08. The highest BCUT2D eigenvalue weighted by Gasteiger charge is 2.23. The number of fused-ring (bicyclic) bond motifs is 1. The summed E-state index contributed by atoms with van der Waals surface area (Å²) in [6, 6.07) is 27.8. The van der Waals surface area contributed by atoms with E-state index in [0.717, 1.165) is 11.8 Å². The molecule has 0 unspecified atom stereocenters. The fourth-order valence-corrected chi connectivity index (χ4v) is 9.97. The minimum atomic E-state index is -4.93. The molecule has 0 aliphatic rings. The Morgan fingerprint density at radius 1 is 0.476 bits per heavy atom. The number of para-hydroxylation sites is 1. The maximum absolute atomic E-state index is 12.7. The average Bonchev–Trinajstić information content (AvgIpc) is 2.99. The molecule has 0 saturated heterocycles. The van der Waals surface area contributed by atoms with Gasteiger partial charge < -0.3 is 25.2 Å². The number of hydrogen-bond acceptors (Lipinski definition) is 21. The van der Waals surface area contributed by atoms with Crippen molar-refractivity contribution in [1.82, 2.24) is 0 Å². The first-order valence-corrected chi connectivity index (χ1v) is 30.3. The number of phenolic OH excluding ortho intramolecular Hbond substituents is 1. The normalized spacial score (nSPS) is 12.5. The van der Waals surface area contributed by atoms with Gasteiger partial charge in [0.05, 0.1) is 47.5 Å². The van der Waals surface area contributed by atoms with E-state index < -0.39 is 79.1 Å². The summed E-state index contributed by atoms with van der Waals surface area (Å²) in [4.78, 5) is 10.2. The largest absolute Gasteiger partial charge is 0.505 e. The number of phenols is 1. The van der Waals surface area contributed by atoms with Gasteiger partial charge in [-0.1, -0.05) is 18.2 Å². The van der Waals surface area contributed by atoms with Gasteiger partial charge in [-0.15, -0.1) is 20.5 Å². The zero-order valence-electron chi connectivity index (χ0n) is 44.1. The summed E-state index contributed by atoms with van der Waals surface area (Å²) < 4.78 is 146. The van der Waals surface area contributed by atoms with Gasteiger partial charge in [-0.25, -0.2) is 0 Å². The predicted molar refractivity (Wildman–Crippen MR) is 304 cm³/mol. The van der Waals surface area contributed by atoms with E-state index in [9.17, 15) is 61.8 Å². The van der Waals surface area contributed by atoms with E-state index >= 15 is 0 Å². The molecule has 0 radical (unpaired) electrons. The minimum Gasteiger partial charge on any atom is -0.505 e. The monoisotopic (exact) mass is 1200 g/mol. The SMILES string of the molecule is CC(=O)Nc1ccc(N=Nc2cc(OCCCS(=O)(=O)O)c(N=Nc3cc(OCCCS(=O)(=O)O)c(N=Nc4cc(C)c(N=Nc5c(S(=O)(=O)O)cc6cc(Nc7ccccc7)ccc6c5O)cc4C)cc3C)cc2C)c(S(=O)(=O)O)c1. The van der Waals surface area contributed by atoms with Gasteiger partial charge >= 0.3 is 0 Å². The van der Waals surface area contributed by atoms with Crippen LogP contribution in [0.1, 0.15) is 42.0 Å². The van der Waals surface area contributed by atoms with Crippen LogP contribution < -0.4 is 20.1 Å². The van der Waals surface area contributed by atoms with Crippen LogP contribution in [0.25, 0.3) is 10.8 Å². The van der Waals surface area contributed by atoms with Gasteiger partial charge in [0.25, 0.3) is 40.5 Å². The zero-order chi connectivity index (χ0) is 59.7. The van der Waals surface area contributed by atoms with Crippen LogP contribution in [0.4, 0.5) is 62.6 Å². The molecule has 7 N–H and O–H groups in total. The van der Waals surface area contributed by atoms with Crippen molar-refractivity contribution in [3.63, 3.8) is 0 Å². The van der Waals surface area contributed by atoms with Gasteiger partial charge in [0.2, 0.25) is 5.91 Å². The Morgan fingerprint density at radius 3 is 1.39 bits per heavy atom. The Morgan fingerprint density at radius 2 is 0.915 bits per heavy atom. The summed E-state index contributed by atoms with van der Waals surface area (Å²) in [7, 11) is -18.5. The van der Waals surface area contributed by atoms with E-state index in [4.69, 9.17) is 9.47 Å². The quantitative estimate of drug-likeness (QED) is 0.0178. The van der Waals surface area contributed by atoms with Crippen molar-refractivity contribution < 1.29 is 71.3 Å². The molecule has 7 aromatic carbocycles. The van der Waals surface area contributed by atoms with E-state index in [1.165, 1.54) is 43.3 Å². The molecule has 0 heterocycles. The van der Waals surface area contributed by atoms with Gasteiger partial charge in [0.1, 0.15) is 44.0 Å². The fourth-order valence-electron chi connectivity index (χ4n) is 7.70. The van der Waals surface area contributed by atoms with Crippen molar-refractivity contribution in [3.05, 3.63) is 131 Å². The van der Waals surface area contributed by atoms with E-state index in [-0.39, 0.29) is 88.1 Å². The van der Waals surface area contributed by atoms with Gasteiger partial charge in [-0.3, -0.25) is 23.0 Å². The molecule has 430 valence electrons. The second-order valence-corrected chi connectivity index (χ2v) is 24.2. The molecule has 82 heavy (non-hydrogen) atoms. The predicted octanol–water partition coefficient (Wildman–Crippen LogP) is 12.9. The Hall–Kier alpha value is -8.49. The molecule has 0 aromatic heterocycles. The first-order valence-electron chi connectivity index (χ1n) is 24.2. The van der Waals surface area contributed by atoms with Crippen molar-refractivity contribution in [2.24, 2.45) is 40.9 Å². The molecule has 0 aliphatic heterocycles. The molecule has 0 bridgehead atoms. The molecular weight excluding hydrogens is 1150 g/mol. The number of benzene rings is 7. The number of carbonyl (C=O) groups excluding carboxylic acids is 1. The van der Waals surface area contributed by atoms with Crippen LogP contribution in [-0.2, 0) is 45.3 Å². The molecule has 1 amide bonds. The number of aryl methyl sites for hydroxylation is 4. The third-order valence-corrected chi connectivity index (χ3v) is 15.0. The number of carbonyl (C=O) groups is 1. The number of aromatic hydroxyl groups is 1. The fraction of sp³-hybridized carbons (Fsp3) is 0.212. The average molecular weight is 1200 g/mol. The van der Waals surface area contributed by atoms with Crippen LogP contribution in [0, 0.1) is 27.7 Å². The van der Waals surface area contributed by atoms with Crippen molar-refractivity contribution in [3.8, 4) is 17.2 Å². The molecule has 30 heteroatoms. The molecule has 0 spiro atoms. The van der Waals surface area contributed by atoms with E-state index in [0.29, 0.717) is 33.6 Å². The molecule has 7 rings (SSSR count). The number of nitrogens with zero attached hydrogens (tertiary/aromatic N) is 8. The van der Waals surface area contributed by atoms with Crippen LogP contribution in [0.15, 0.2) is 160 Å². The third kappa shape index (κ3) is 16.8. The maximum atomic E-state index is 12.7. The maximum Gasteiger partial charge on any atom is 0.296 e. The zero-order valence-corrected chi connectivity index (χ0v) is 47.3. The van der Waals surface area contributed by atoms with Crippen LogP contribution in [0.3, 0.4) is 0 Å². The smallest absolute Gasteiger partial charge is 0.296 e. The van der Waals surface area contributed by atoms with Crippen molar-refractivity contribution in [2.45, 2.75) is 57.3 Å². The summed E-state index contributed by atoms with van der Waals surface area (Å²) in [5.41, 5.74) is 3.57. The second-order valence-electron chi connectivity index (χ2n) is 18.2. The lowest BCUT2D eigenvalue weighted by molar-refractivity contribution is -0.114. The van der Waals surface area contributed by atoms with Gasteiger partial charge in [0, 0.05) is 41.5 Å². The van der Waals surface area contributed by atoms with Gasteiger partial charge in [-0.2, -0.15) is 54.1 Å². The number of amides is 1. The summed E-state index contributed by atoms with van der Waals surface area (Å²) in [6.07, 6.45) is -0.293. The van der Waals surface area contributed by atoms with Gasteiger partial charge in [0.15, 0.2) is 5.75 Å². The Bertz CT molecular complexity index is 4220. The molecule has 26 nitrogen and oxygen atoms in total. The highest BCUT2D eigenvalue weighted by Crippen LogP contribution is 2.44. The standard InChI is InChI=1S/C52H52N10O16S4/c1-30-22-42(59-62-51-50(82(74,75)76)26-35-25-37(13-15-39(35)52(51)64)54-36-11-7-6-8-12-36)31(2)21-41(30)56-60-45-24-33(4)44(29-48(45)78-18-10-20-80(68,69)70)58-61-46-23-32(3)43(28-47(46)77-17-9-19-79(65,66)67)57-55-40-16-14-38(53-34(5)63)27-49(40)81(71,72)73/h6-8,11-16,21-29,54,64H,9-10,17-20H2,1-5H3,(H,53,63)(H,65,66,67)(H,68,69,70)(H,71,72,73)(H,74,75,76). The lowest BCUT2D eigenvalue weighted by atomic mass is 10.1. The summed E-state index contributed by atoms with van der Waals surface area (Å²) >= 11 is 0. The number of rotatable bonds is 23. The third-order valence-electron chi connectivity index (χ3n) is 11.7. The van der Waals surface area contributed by atoms with Crippen LogP contribution in [0.5, 0.6) is 17.2 Å². The number of anilines is 3. The molecule has 7 aromatic rings. The van der Waals surface area contributed by atoms with Crippen molar-refractivity contribution in [2.75, 3.05) is 35.4 Å². The summed E-state index contributed by atoms with van der Waals surface area (Å²) in [6.45, 7) is 7.34. The summed E-state index contributed by atoms with van der Waals surface area (Å²) in [5, 5.41) is 51.7.